The zero-order valence-electron chi connectivity index (χ0n) is 4.97. The topological polar surface area (TPSA) is 0 Å². The SMILES string of the molecule is Fc1ccccc1C[AsH2]. The summed E-state index contributed by atoms with van der Waals surface area (Å²) in [5.74, 6) is -0.0816. The third kappa shape index (κ3) is 1.56. The number of rotatable bonds is 1. The standard InChI is InChI=1S/C7H8AsF/c8-5-6-3-1-2-4-7(6)9/h1-4H,5,8H2. The normalized spacial score (nSPS) is 9.56. The molecule has 1 aromatic rings. The summed E-state index contributed by atoms with van der Waals surface area (Å²) in [5, 5.41) is 0.833. The Morgan fingerprint density at radius 3 is 2.44 bits per heavy atom. The van der Waals surface area contributed by atoms with Crippen molar-refractivity contribution in [2.75, 3.05) is 0 Å². The Bertz CT molecular complexity index is 198. The van der Waals surface area contributed by atoms with Gasteiger partial charge in [-0.1, -0.05) is 0 Å². The number of hydrogen-bond acceptors (Lipinski definition) is 0. The van der Waals surface area contributed by atoms with Gasteiger partial charge in [0.25, 0.3) is 0 Å². The molecule has 1 rings (SSSR count). The van der Waals surface area contributed by atoms with Gasteiger partial charge in [0, 0.05) is 0 Å². The molecule has 48 valence electrons. The van der Waals surface area contributed by atoms with Crippen LogP contribution in [0, 0.1) is 5.82 Å². The van der Waals surface area contributed by atoms with E-state index in [4.69, 9.17) is 0 Å². The van der Waals surface area contributed by atoms with Crippen LogP contribution in [-0.4, -0.2) is 16.9 Å². The summed E-state index contributed by atoms with van der Waals surface area (Å²) in [6.45, 7) is 0. The van der Waals surface area contributed by atoms with Gasteiger partial charge in [-0.25, -0.2) is 0 Å². The molecule has 0 aliphatic carbocycles. The van der Waals surface area contributed by atoms with Crippen molar-refractivity contribution in [1.82, 2.24) is 0 Å². The summed E-state index contributed by atoms with van der Waals surface area (Å²) in [4.78, 5) is 0. The molecular formula is C7H8AsF. The van der Waals surface area contributed by atoms with E-state index in [9.17, 15) is 4.39 Å². The molecule has 9 heavy (non-hydrogen) atoms. The van der Waals surface area contributed by atoms with E-state index in [1.807, 2.05) is 12.1 Å². The molecular weight excluding hydrogens is 178 g/mol. The van der Waals surface area contributed by atoms with Gasteiger partial charge in [0.05, 0.1) is 0 Å². The molecule has 0 fully saturated rings. The van der Waals surface area contributed by atoms with Crippen molar-refractivity contribution < 1.29 is 4.39 Å². The molecule has 1 atom stereocenters. The number of halogens is 1. The van der Waals surface area contributed by atoms with Crippen LogP contribution in [0.25, 0.3) is 0 Å². The zero-order chi connectivity index (χ0) is 6.69. The summed E-state index contributed by atoms with van der Waals surface area (Å²) < 4.78 is 12.6. The van der Waals surface area contributed by atoms with Gasteiger partial charge in [-0.15, -0.1) is 0 Å². The van der Waals surface area contributed by atoms with E-state index in [2.05, 4.69) is 0 Å². The maximum atomic E-state index is 12.6. The first-order valence-electron chi connectivity index (χ1n) is 2.78. The van der Waals surface area contributed by atoms with Gasteiger partial charge in [0.1, 0.15) is 0 Å². The van der Waals surface area contributed by atoms with Gasteiger partial charge in [-0.2, -0.15) is 0 Å². The minimum absolute atomic E-state index is 0.0816. The van der Waals surface area contributed by atoms with Crippen molar-refractivity contribution in [2.24, 2.45) is 0 Å². The number of hydrogen-bond donors (Lipinski definition) is 0. The Hall–Kier alpha value is -0.292. The molecule has 0 aliphatic rings. The van der Waals surface area contributed by atoms with Crippen LogP contribution in [0.1, 0.15) is 5.56 Å². The fourth-order valence-corrected chi connectivity index (χ4v) is 1.36. The van der Waals surface area contributed by atoms with Gasteiger partial charge >= 0.3 is 62.1 Å². The average Bonchev–Trinajstić information content (AvgIpc) is 1.89. The molecule has 0 spiro atoms. The Morgan fingerprint density at radius 2 is 2.00 bits per heavy atom. The van der Waals surface area contributed by atoms with E-state index < -0.39 is 0 Å². The summed E-state index contributed by atoms with van der Waals surface area (Å²) in [6.07, 6.45) is 0. The molecule has 0 nitrogen and oxygen atoms in total. The van der Waals surface area contributed by atoms with Crippen molar-refractivity contribution >= 4 is 16.9 Å². The van der Waals surface area contributed by atoms with Gasteiger partial charge in [0.2, 0.25) is 0 Å². The fraction of sp³-hybridized carbons (Fsp3) is 0.143. The molecule has 0 aliphatic heterocycles. The van der Waals surface area contributed by atoms with Crippen molar-refractivity contribution in [3.05, 3.63) is 35.6 Å². The second kappa shape index (κ2) is 3.03. The molecule has 0 radical (unpaired) electrons. The Morgan fingerprint density at radius 1 is 1.33 bits per heavy atom. The molecule has 2 heteroatoms. The van der Waals surface area contributed by atoms with Gasteiger partial charge in [0.15, 0.2) is 0 Å². The molecule has 0 aromatic heterocycles. The molecule has 0 saturated heterocycles. The summed E-state index contributed by atoms with van der Waals surface area (Å²) in [6, 6.07) is 6.88. The Kier molecular flexibility index (Phi) is 2.29. The molecule has 0 N–H and O–H groups in total. The third-order valence-corrected chi connectivity index (χ3v) is 2.10. The average molecular weight is 186 g/mol. The van der Waals surface area contributed by atoms with E-state index in [0.29, 0.717) is 0 Å². The molecule has 0 heterocycles. The summed E-state index contributed by atoms with van der Waals surface area (Å²) >= 11 is 1.53. The van der Waals surface area contributed by atoms with Crippen LogP contribution in [0.2, 0.25) is 0 Å². The van der Waals surface area contributed by atoms with Crippen LogP contribution >= 0.6 is 0 Å². The quantitative estimate of drug-likeness (QED) is 0.573. The molecule has 1 unspecified atom stereocenters. The van der Waals surface area contributed by atoms with Crippen molar-refractivity contribution in [3.8, 4) is 0 Å². The van der Waals surface area contributed by atoms with Crippen LogP contribution in [0.15, 0.2) is 24.3 Å². The van der Waals surface area contributed by atoms with Crippen LogP contribution in [-0.2, 0) is 5.21 Å². The predicted molar refractivity (Wildman–Crippen MR) is 38.6 cm³/mol. The predicted octanol–water partition coefficient (Wildman–Crippen LogP) is 0.959. The van der Waals surface area contributed by atoms with Crippen molar-refractivity contribution in [3.63, 3.8) is 0 Å². The Labute approximate surface area is 62.6 Å². The van der Waals surface area contributed by atoms with Crippen LogP contribution in [0.4, 0.5) is 4.39 Å². The monoisotopic (exact) mass is 186 g/mol. The maximum absolute atomic E-state index is 12.6. The van der Waals surface area contributed by atoms with E-state index in [1.165, 1.54) is 22.9 Å². The van der Waals surface area contributed by atoms with Crippen molar-refractivity contribution in [1.29, 1.82) is 0 Å². The van der Waals surface area contributed by atoms with Crippen LogP contribution in [0.5, 0.6) is 0 Å². The Balaban J connectivity index is 3.01. The van der Waals surface area contributed by atoms with E-state index in [0.717, 1.165) is 10.8 Å². The fourth-order valence-electron chi connectivity index (χ4n) is 0.664. The van der Waals surface area contributed by atoms with Crippen LogP contribution < -0.4 is 0 Å². The first-order chi connectivity index (χ1) is 4.34. The number of benzene rings is 1. The molecule has 1 aromatic carbocycles. The first kappa shape index (κ1) is 6.82. The molecule has 0 amide bonds. The van der Waals surface area contributed by atoms with E-state index in [1.54, 1.807) is 6.07 Å². The van der Waals surface area contributed by atoms with E-state index >= 15 is 0 Å². The zero-order valence-corrected chi connectivity index (χ0v) is 7.39. The van der Waals surface area contributed by atoms with Gasteiger partial charge in [-0.05, 0) is 0 Å². The van der Waals surface area contributed by atoms with Gasteiger partial charge in [-0.3, -0.25) is 0 Å². The second-order valence-electron chi connectivity index (χ2n) is 1.80. The summed E-state index contributed by atoms with van der Waals surface area (Å²) in [5.41, 5.74) is 0.817. The van der Waals surface area contributed by atoms with Crippen LogP contribution in [0.3, 0.4) is 0 Å². The van der Waals surface area contributed by atoms with Crippen molar-refractivity contribution in [2.45, 2.75) is 5.21 Å². The van der Waals surface area contributed by atoms with Gasteiger partial charge < -0.3 is 0 Å². The third-order valence-electron chi connectivity index (χ3n) is 1.18. The van der Waals surface area contributed by atoms with E-state index in [-0.39, 0.29) is 5.82 Å². The molecule has 0 saturated carbocycles. The summed E-state index contributed by atoms with van der Waals surface area (Å²) in [7, 11) is 0. The molecule has 0 bridgehead atoms. The second-order valence-corrected chi connectivity index (χ2v) is 2.65. The minimum atomic E-state index is -0.0816. The first-order valence-corrected chi connectivity index (χ1v) is 4.49.